The normalized spacial score (nSPS) is 11.3. The van der Waals surface area contributed by atoms with Gasteiger partial charge in [0, 0.05) is 12.3 Å². The van der Waals surface area contributed by atoms with Crippen molar-refractivity contribution in [2.75, 3.05) is 4.90 Å². The molecule has 0 saturated heterocycles. The average Bonchev–Trinajstić information content (AvgIpc) is 2.36. The van der Waals surface area contributed by atoms with Gasteiger partial charge in [-0.25, -0.2) is 9.78 Å². The Morgan fingerprint density at radius 3 is 2.45 bits per heavy atom. The molecule has 0 fully saturated rings. The first kappa shape index (κ1) is 16.4. The van der Waals surface area contributed by atoms with Gasteiger partial charge in [-0.3, -0.25) is 4.79 Å². The minimum Gasteiger partial charge on any atom is -0.443 e. The van der Waals surface area contributed by atoms with Gasteiger partial charge in [0.05, 0.1) is 0 Å². The lowest BCUT2D eigenvalue weighted by Gasteiger charge is -2.25. The number of halogens is 1. The molecular weight excluding hydrogens is 348 g/mol. The second-order valence-corrected chi connectivity index (χ2v) is 6.58. The third-order valence-corrected chi connectivity index (χ3v) is 3.40. The molecule has 0 N–H and O–H groups in total. The number of benzene rings is 1. The van der Waals surface area contributed by atoms with E-state index in [2.05, 4.69) is 20.9 Å². The highest BCUT2D eigenvalue weighted by Gasteiger charge is 2.28. The number of rotatable bonds is 1. The Labute approximate surface area is 137 Å². The van der Waals surface area contributed by atoms with Crippen LogP contribution in [0, 0.1) is 0 Å². The number of carbonyl (C=O) groups is 2. The molecule has 22 heavy (non-hydrogen) atoms. The van der Waals surface area contributed by atoms with Gasteiger partial charge in [0.1, 0.15) is 16.0 Å². The number of imide groups is 1. The molecule has 0 saturated carbocycles. The second kappa shape index (κ2) is 6.04. The number of ether oxygens (including phenoxy) is 1. The van der Waals surface area contributed by atoms with Gasteiger partial charge in [-0.2, -0.15) is 4.90 Å². The summed E-state index contributed by atoms with van der Waals surface area (Å²) in [7, 11) is 0. The van der Waals surface area contributed by atoms with Crippen LogP contribution in [-0.4, -0.2) is 22.6 Å². The molecule has 2 rings (SSSR count). The highest BCUT2D eigenvalue weighted by molar-refractivity contribution is 9.10. The van der Waals surface area contributed by atoms with Crippen LogP contribution >= 0.6 is 15.9 Å². The molecule has 1 aromatic heterocycles. The number of hydrogen-bond donors (Lipinski definition) is 0. The molecular formula is C16H17BrN2O3. The van der Waals surface area contributed by atoms with Crippen molar-refractivity contribution in [2.24, 2.45) is 0 Å². The molecule has 0 atom stereocenters. The molecule has 1 heterocycles. The van der Waals surface area contributed by atoms with E-state index in [-0.39, 0.29) is 5.82 Å². The van der Waals surface area contributed by atoms with Gasteiger partial charge in [0.25, 0.3) is 0 Å². The van der Waals surface area contributed by atoms with Crippen molar-refractivity contribution >= 4 is 44.5 Å². The number of hydrogen-bond acceptors (Lipinski definition) is 4. The molecule has 0 aliphatic carbocycles. The van der Waals surface area contributed by atoms with Gasteiger partial charge in [-0.1, -0.05) is 24.3 Å². The Kier molecular flexibility index (Phi) is 4.51. The Bertz CT molecular complexity index is 738. The number of aromatic nitrogens is 1. The summed E-state index contributed by atoms with van der Waals surface area (Å²) >= 11 is 3.37. The number of fused-ring (bicyclic) bond motifs is 1. The zero-order valence-electron chi connectivity index (χ0n) is 12.9. The largest absolute Gasteiger partial charge is 0.443 e. The summed E-state index contributed by atoms with van der Waals surface area (Å²) < 4.78 is 5.84. The highest BCUT2D eigenvalue weighted by Crippen LogP contribution is 2.27. The molecule has 0 aliphatic heterocycles. The first-order valence-electron chi connectivity index (χ1n) is 6.78. The number of nitrogens with zero attached hydrogens (tertiary/aromatic N) is 2. The van der Waals surface area contributed by atoms with E-state index in [1.54, 1.807) is 26.8 Å². The standard InChI is InChI=1S/C16H17BrN2O3/c1-10(20)19(15(21)22-16(2,3)4)13-9-11-7-5-6-8-12(11)14(17)18-13/h5-9H,1-4H3. The number of carbonyl (C=O) groups excluding carboxylic acids is 2. The van der Waals surface area contributed by atoms with Crippen LogP contribution in [0.4, 0.5) is 10.6 Å². The summed E-state index contributed by atoms with van der Waals surface area (Å²) in [5.74, 6) is -0.226. The van der Waals surface area contributed by atoms with Crippen LogP contribution < -0.4 is 4.90 Å². The summed E-state index contributed by atoms with van der Waals surface area (Å²) in [6.07, 6.45) is -0.741. The number of anilines is 1. The fourth-order valence-electron chi connectivity index (χ4n) is 1.95. The smallest absolute Gasteiger partial charge is 0.422 e. The van der Waals surface area contributed by atoms with E-state index in [1.165, 1.54) is 6.92 Å². The predicted octanol–water partition coefficient (Wildman–Crippen LogP) is 4.29. The summed E-state index contributed by atoms with van der Waals surface area (Å²) in [4.78, 5) is 29.4. The zero-order valence-corrected chi connectivity index (χ0v) is 14.5. The maximum Gasteiger partial charge on any atom is 0.422 e. The SMILES string of the molecule is CC(=O)N(C(=O)OC(C)(C)C)c1cc2ccccc2c(Br)n1. The van der Waals surface area contributed by atoms with Crippen molar-refractivity contribution in [1.82, 2.24) is 4.98 Å². The Morgan fingerprint density at radius 2 is 1.86 bits per heavy atom. The van der Waals surface area contributed by atoms with E-state index in [0.717, 1.165) is 15.7 Å². The van der Waals surface area contributed by atoms with E-state index < -0.39 is 17.6 Å². The molecule has 2 amide bonds. The summed E-state index contributed by atoms with van der Waals surface area (Å²) in [6.45, 7) is 6.53. The van der Waals surface area contributed by atoms with E-state index >= 15 is 0 Å². The van der Waals surface area contributed by atoms with Crippen LogP contribution in [0.25, 0.3) is 10.8 Å². The van der Waals surface area contributed by atoms with Crippen LogP contribution in [0.1, 0.15) is 27.7 Å². The van der Waals surface area contributed by atoms with E-state index in [4.69, 9.17) is 4.74 Å². The summed E-state index contributed by atoms with van der Waals surface area (Å²) in [5, 5.41) is 1.77. The monoisotopic (exact) mass is 364 g/mol. The molecule has 116 valence electrons. The molecule has 0 bridgehead atoms. The van der Waals surface area contributed by atoms with Crippen LogP contribution in [0.2, 0.25) is 0 Å². The van der Waals surface area contributed by atoms with E-state index in [1.807, 2.05) is 24.3 Å². The predicted molar refractivity (Wildman–Crippen MR) is 88.8 cm³/mol. The van der Waals surface area contributed by atoms with Crippen LogP contribution in [0.5, 0.6) is 0 Å². The van der Waals surface area contributed by atoms with Gasteiger partial charge in [0.15, 0.2) is 0 Å². The third-order valence-electron chi connectivity index (χ3n) is 2.80. The van der Waals surface area contributed by atoms with Crippen LogP contribution in [0.15, 0.2) is 34.9 Å². The van der Waals surface area contributed by atoms with Crippen molar-refractivity contribution < 1.29 is 14.3 Å². The minimum atomic E-state index is -0.741. The number of pyridine rings is 1. The number of amides is 2. The van der Waals surface area contributed by atoms with Gasteiger partial charge in [0.2, 0.25) is 5.91 Å². The zero-order chi connectivity index (χ0) is 16.5. The highest BCUT2D eigenvalue weighted by atomic mass is 79.9. The molecule has 2 aromatic rings. The average molecular weight is 365 g/mol. The quantitative estimate of drug-likeness (QED) is 0.708. The van der Waals surface area contributed by atoms with Crippen LogP contribution in [-0.2, 0) is 9.53 Å². The van der Waals surface area contributed by atoms with Crippen molar-refractivity contribution in [3.8, 4) is 0 Å². The maximum absolute atomic E-state index is 12.3. The Balaban J connectivity index is 2.49. The van der Waals surface area contributed by atoms with Crippen molar-refractivity contribution in [3.05, 3.63) is 34.9 Å². The van der Waals surface area contributed by atoms with Gasteiger partial charge < -0.3 is 4.74 Å². The summed E-state index contributed by atoms with van der Waals surface area (Å²) in [6, 6.07) is 9.25. The molecule has 1 aromatic carbocycles. The van der Waals surface area contributed by atoms with Crippen LogP contribution in [0.3, 0.4) is 0 Å². The lowest BCUT2D eigenvalue weighted by Crippen LogP contribution is -2.40. The lowest BCUT2D eigenvalue weighted by atomic mass is 10.2. The molecule has 0 radical (unpaired) electrons. The Hall–Kier alpha value is -1.95. The van der Waals surface area contributed by atoms with Gasteiger partial charge in [-0.05, 0) is 48.2 Å². The topological polar surface area (TPSA) is 59.5 Å². The van der Waals surface area contributed by atoms with Crippen molar-refractivity contribution in [1.29, 1.82) is 0 Å². The fraction of sp³-hybridized carbons (Fsp3) is 0.312. The first-order valence-corrected chi connectivity index (χ1v) is 7.57. The van der Waals surface area contributed by atoms with Crippen molar-refractivity contribution in [2.45, 2.75) is 33.3 Å². The first-order chi connectivity index (χ1) is 10.2. The second-order valence-electron chi connectivity index (χ2n) is 5.83. The van der Waals surface area contributed by atoms with Gasteiger partial charge in [-0.15, -0.1) is 0 Å². The fourth-order valence-corrected chi connectivity index (χ4v) is 2.49. The molecule has 0 aliphatic rings. The maximum atomic E-state index is 12.3. The molecule has 0 spiro atoms. The summed E-state index contributed by atoms with van der Waals surface area (Å²) in [5.41, 5.74) is -0.696. The van der Waals surface area contributed by atoms with E-state index in [0.29, 0.717) is 4.60 Å². The Morgan fingerprint density at radius 1 is 1.23 bits per heavy atom. The third kappa shape index (κ3) is 3.62. The minimum absolute atomic E-state index is 0.229. The van der Waals surface area contributed by atoms with Crippen molar-refractivity contribution in [3.63, 3.8) is 0 Å². The molecule has 5 nitrogen and oxygen atoms in total. The van der Waals surface area contributed by atoms with Gasteiger partial charge >= 0.3 is 6.09 Å². The lowest BCUT2D eigenvalue weighted by molar-refractivity contribution is -0.116. The molecule has 0 unspecified atom stereocenters. The molecule has 6 heteroatoms. The van der Waals surface area contributed by atoms with E-state index in [9.17, 15) is 9.59 Å².